The number of Topliss-reactive ketones (excluding diaryl/α,β-unsaturated/α-hetero) is 1. The largest absolute Gasteiger partial charge is 0.326 e. The Labute approximate surface area is 157 Å². The molecule has 0 atom stereocenters. The van der Waals surface area contributed by atoms with Crippen LogP contribution in [0.2, 0.25) is 0 Å². The van der Waals surface area contributed by atoms with Gasteiger partial charge in [0.25, 0.3) is 0 Å². The van der Waals surface area contributed by atoms with Crippen LogP contribution in [0, 0.1) is 5.82 Å². The summed E-state index contributed by atoms with van der Waals surface area (Å²) in [6.07, 6.45) is 1.56. The second-order valence-corrected chi connectivity index (χ2v) is 8.29. The van der Waals surface area contributed by atoms with E-state index >= 15 is 0 Å². The highest BCUT2D eigenvalue weighted by atomic mass is 32.2. The molecule has 2 aromatic carbocycles. The Balaban J connectivity index is 1.61. The molecule has 27 heavy (non-hydrogen) atoms. The molecular formula is C19H19FN2O4S. The van der Waals surface area contributed by atoms with Gasteiger partial charge in [-0.05, 0) is 42.3 Å². The number of nitrogens with zero attached hydrogens (tertiary/aromatic N) is 1. The molecule has 0 fully saturated rings. The third-order valence-electron chi connectivity index (χ3n) is 4.37. The molecule has 1 amide bonds. The Bertz CT molecular complexity index is 1000. The van der Waals surface area contributed by atoms with Crippen molar-refractivity contribution >= 4 is 33.1 Å². The van der Waals surface area contributed by atoms with Crippen molar-refractivity contribution in [2.75, 3.05) is 22.4 Å². The van der Waals surface area contributed by atoms with Crippen LogP contribution in [0.5, 0.6) is 0 Å². The van der Waals surface area contributed by atoms with E-state index in [0.717, 1.165) is 11.8 Å². The fraction of sp³-hybridized carbons (Fsp3) is 0.263. The fourth-order valence-electron chi connectivity index (χ4n) is 3.07. The molecule has 0 aliphatic carbocycles. The number of carbonyl (C=O) groups excluding carboxylic acids is 2. The van der Waals surface area contributed by atoms with E-state index in [1.807, 2.05) is 0 Å². The highest BCUT2D eigenvalue weighted by Gasteiger charge is 2.26. The summed E-state index contributed by atoms with van der Waals surface area (Å²) in [7, 11) is -3.32. The Morgan fingerprint density at radius 2 is 1.89 bits per heavy atom. The van der Waals surface area contributed by atoms with E-state index in [-0.39, 0.29) is 24.3 Å². The molecule has 6 nitrogen and oxygen atoms in total. The van der Waals surface area contributed by atoms with Crippen molar-refractivity contribution in [3.05, 3.63) is 59.4 Å². The van der Waals surface area contributed by atoms with Gasteiger partial charge in [0, 0.05) is 25.1 Å². The molecule has 0 aromatic heterocycles. The number of ketones is 1. The first-order chi connectivity index (χ1) is 12.8. The molecule has 0 bridgehead atoms. The summed E-state index contributed by atoms with van der Waals surface area (Å²) in [6, 6.07) is 10.7. The number of halogens is 1. The van der Waals surface area contributed by atoms with Crippen LogP contribution >= 0.6 is 0 Å². The van der Waals surface area contributed by atoms with Gasteiger partial charge in [-0.1, -0.05) is 12.1 Å². The van der Waals surface area contributed by atoms with Crippen LogP contribution in [-0.4, -0.2) is 32.9 Å². The minimum atomic E-state index is -3.32. The predicted octanol–water partition coefficient (Wildman–Crippen LogP) is 2.75. The van der Waals surface area contributed by atoms with Gasteiger partial charge < -0.3 is 5.32 Å². The van der Waals surface area contributed by atoms with E-state index in [0.29, 0.717) is 24.3 Å². The fourth-order valence-corrected chi connectivity index (χ4v) is 4.02. The van der Waals surface area contributed by atoms with Gasteiger partial charge in [-0.2, -0.15) is 0 Å². The maximum atomic E-state index is 13.6. The van der Waals surface area contributed by atoms with E-state index in [1.165, 1.54) is 22.5 Å². The lowest BCUT2D eigenvalue weighted by molar-refractivity contribution is -0.116. The zero-order chi connectivity index (χ0) is 19.6. The second-order valence-electron chi connectivity index (χ2n) is 6.38. The van der Waals surface area contributed by atoms with Crippen molar-refractivity contribution < 1.29 is 22.4 Å². The summed E-state index contributed by atoms with van der Waals surface area (Å²) >= 11 is 0. The Morgan fingerprint density at radius 3 is 2.59 bits per heavy atom. The summed E-state index contributed by atoms with van der Waals surface area (Å²) in [4.78, 5) is 24.1. The van der Waals surface area contributed by atoms with Crippen molar-refractivity contribution in [3.8, 4) is 0 Å². The number of fused-ring (bicyclic) bond motifs is 1. The van der Waals surface area contributed by atoms with Crippen molar-refractivity contribution in [2.45, 2.75) is 19.3 Å². The standard InChI is InChI=1S/C19H19FN2O4S/c1-27(25,26)22-11-10-13-12-14(6-7-17(13)22)21-19(24)9-8-18(23)15-4-2-3-5-16(15)20/h2-7,12H,8-11H2,1H3,(H,21,24). The molecule has 2 aromatic rings. The van der Waals surface area contributed by atoms with Crippen LogP contribution in [0.25, 0.3) is 0 Å². The smallest absolute Gasteiger partial charge is 0.232 e. The Kier molecular flexibility index (Phi) is 5.27. The number of anilines is 2. The summed E-state index contributed by atoms with van der Waals surface area (Å²) in [5, 5.41) is 2.69. The molecule has 0 spiro atoms. The molecule has 1 aliphatic heterocycles. The first-order valence-corrected chi connectivity index (χ1v) is 10.3. The van der Waals surface area contributed by atoms with E-state index in [9.17, 15) is 22.4 Å². The quantitative estimate of drug-likeness (QED) is 0.769. The summed E-state index contributed by atoms with van der Waals surface area (Å²) in [5.74, 6) is -1.39. The normalized spacial score (nSPS) is 13.3. The zero-order valence-corrected chi connectivity index (χ0v) is 15.6. The van der Waals surface area contributed by atoms with Crippen molar-refractivity contribution in [1.29, 1.82) is 0 Å². The molecule has 0 saturated carbocycles. The monoisotopic (exact) mass is 390 g/mol. The van der Waals surface area contributed by atoms with Gasteiger partial charge >= 0.3 is 0 Å². The average Bonchev–Trinajstić information content (AvgIpc) is 3.03. The van der Waals surface area contributed by atoms with Crippen molar-refractivity contribution in [2.24, 2.45) is 0 Å². The molecule has 3 rings (SSSR count). The lowest BCUT2D eigenvalue weighted by Crippen LogP contribution is -2.27. The van der Waals surface area contributed by atoms with Gasteiger partial charge in [0.05, 0.1) is 17.5 Å². The molecule has 0 radical (unpaired) electrons. The number of amides is 1. The predicted molar refractivity (Wildman–Crippen MR) is 101 cm³/mol. The highest BCUT2D eigenvalue weighted by Crippen LogP contribution is 2.32. The number of rotatable bonds is 6. The van der Waals surface area contributed by atoms with E-state index < -0.39 is 21.6 Å². The first kappa shape index (κ1) is 19.0. The molecule has 1 heterocycles. The van der Waals surface area contributed by atoms with Gasteiger partial charge in [-0.3, -0.25) is 13.9 Å². The molecule has 8 heteroatoms. The topological polar surface area (TPSA) is 83.6 Å². The maximum Gasteiger partial charge on any atom is 0.232 e. The van der Waals surface area contributed by atoms with Crippen LogP contribution < -0.4 is 9.62 Å². The minimum absolute atomic E-state index is 0.0244. The van der Waals surface area contributed by atoms with Crippen LogP contribution in [0.4, 0.5) is 15.8 Å². The van der Waals surface area contributed by atoms with Crippen LogP contribution in [-0.2, 0) is 21.2 Å². The Hall–Kier alpha value is -2.74. The molecular weight excluding hydrogens is 371 g/mol. The average molecular weight is 390 g/mol. The number of benzene rings is 2. The number of carbonyl (C=O) groups is 2. The highest BCUT2D eigenvalue weighted by molar-refractivity contribution is 7.92. The minimum Gasteiger partial charge on any atom is -0.326 e. The SMILES string of the molecule is CS(=O)(=O)N1CCc2cc(NC(=O)CCC(=O)c3ccccc3F)ccc21. The lowest BCUT2D eigenvalue weighted by atomic mass is 10.1. The number of sulfonamides is 1. The molecule has 142 valence electrons. The van der Waals surface area contributed by atoms with Gasteiger partial charge in [-0.15, -0.1) is 0 Å². The van der Waals surface area contributed by atoms with Crippen LogP contribution in [0.3, 0.4) is 0 Å². The molecule has 1 N–H and O–H groups in total. The van der Waals surface area contributed by atoms with E-state index in [1.54, 1.807) is 24.3 Å². The van der Waals surface area contributed by atoms with Gasteiger partial charge in [0.15, 0.2) is 5.78 Å². The number of hydrogen-bond acceptors (Lipinski definition) is 4. The second kappa shape index (κ2) is 7.48. The van der Waals surface area contributed by atoms with Gasteiger partial charge in [0.1, 0.15) is 5.82 Å². The van der Waals surface area contributed by atoms with Gasteiger partial charge in [-0.25, -0.2) is 12.8 Å². The van der Waals surface area contributed by atoms with E-state index in [2.05, 4.69) is 5.32 Å². The third-order valence-corrected chi connectivity index (χ3v) is 5.55. The number of hydrogen-bond donors (Lipinski definition) is 1. The van der Waals surface area contributed by atoms with Crippen molar-refractivity contribution in [1.82, 2.24) is 0 Å². The summed E-state index contributed by atoms with van der Waals surface area (Å²) < 4.78 is 38.4. The lowest BCUT2D eigenvalue weighted by Gasteiger charge is -2.16. The maximum absolute atomic E-state index is 13.6. The van der Waals surface area contributed by atoms with E-state index in [4.69, 9.17) is 0 Å². The molecule has 0 saturated heterocycles. The third kappa shape index (κ3) is 4.33. The Morgan fingerprint density at radius 1 is 1.15 bits per heavy atom. The number of nitrogens with one attached hydrogen (secondary N) is 1. The molecule has 0 unspecified atom stereocenters. The summed E-state index contributed by atoms with van der Waals surface area (Å²) in [6.45, 7) is 0.378. The summed E-state index contributed by atoms with van der Waals surface area (Å²) in [5.41, 5.74) is 1.96. The van der Waals surface area contributed by atoms with Crippen LogP contribution in [0.1, 0.15) is 28.8 Å². The zero-order valence-electron chi connectivity index (χ0n) is 14.7. The van der Waals surface area contributed by atoms with Gasteiger partial charge in [0.2, 0.25) is 15.9 Å². The first-order valence-electron chi connectivity index (χ1n) is 8.44. The van der Waals surface area contributed by atoms with Crippen molar-refractivity contribution in [3.63, 3.8) is 0 Å². The molecule has 1 aliphatic rings. The van der Waals surface area contributed by atoms with Crippen LogP contribution in [0.15, 0.2) is 42.5 Å².